The normalized spacial score (nSPS) is 32.6. The van der Waals surface area contributed by atoms with Gasteiger partial charge in [-0.25, -0.2) is 4.79 Å². The Morgan fingerprint density at radius 3 is 2.95 bits per heavy atom. The van der Waals surface area contributed by atoms with E-state index in [1.165, 1.54) is 0 Å². The summed E-state index contributed by atoms with van der Waals surface area (Å²) in [6.07, 6.45) is 6.79. The average molecular weight is 265 g/mol. The first-order valence-electron chi connectivity index (χ1n) is 6.35. The maximum atomic E-state index is 11.7. The molecule has 0 aliphatic carbocycles. The molecule has 0 radical (unpaired) electrons. The minimum atomic E-state index is -0.623. The topological polar surface area (TPSA) is 70.0 Å². The molecule has 1 fully saturated rings. The van der Waals surface area contributed by atoms with Crippen LogP contribution in [0.4, 0.5) is 4.79 Å². The van der Waals surface area contributed by atoms with E-state index >= 15 is 0 Å². The minimum absolute atomic E-state index is 0.146. The van der Waals surface area contributed by atoms with Gasteiger partial charge in [0.05, 0.1) is 24.8 Å². The molecule has 2 aliphatic heterocycles. The molecule has 2 heterocycles. The number of amides is 1. The van der Waals surface area contributed by atoms with E-state index in [9.17, 15) is 9.90 Å². The van der Waals surface area contributed by atoms with Crippen LogP contribution in [0, 0.1) is 0 Å². The Kier molecular flexibility index (Phi) is 4.07. The summed E-state index contributed by atoms with van der Waals surface area (Å²) in [5.41, 5.74) is 0.929. The fourth-order valence-corrected chi connectivity index (χ4v) is 2.43. The first-order valence-corrected chi connectivity index (χ1v) is 6.35. The van der Waals surface area contributed by atoms with E-state index in [-0.39, 0.29) is 18.7 Å². The maximum Gasteiger partial charge on any atom is 0.411 e. The molecule has 2 rings (SSSR count). The highest BCUT2D eigenvalue weighted by Crippen LogP contribution is 2.29. The van der Waals surface area contributed by atoms with Crippen LogP contribution in [0.3, 0.4) is 0 Å². The van der Waals surface area contributed by atoms with Crippen LogP contribution < -0.4 is 0 Å². The van der Waals surface area contributed by atoms with E-state index in [2.05, 4.69) is 0 Å². The zero-order chi connectivity index (χ0) is 14.0. The molecule has 0 unspecified atom stereocenters. The van der Waals surface area contributed by atoms with Crippen molar-refractivity contribution in [3.8, 4) is 0 Å². The standard InChI is InChI=1S/C14H19NO4/c1-9-7-11(17)8-15-13(9)12(19-14(15)18)6-4-3-5-10(2)16/h3-7,10-13,16-17H,8H2,1-2H3/b5-3+,6-4+/t10-,11-,12+,13+/m1/s1. The number of aliphatic hydroxyl groups excluding tert-OH is 2. The van der Waals surface area contributed by atoms with Crippen LogP contribution in [0.25, 0.3) is 0 Å². The summed E-state index contributed by atoms with van der Waals surface area (Å²) in [7, 11) is 0. The van der Waals surface area contributed by atoms with Gasteiger partial charge >= 0.3 is 6.09 Å². The van der Waals surface area contributed by atoms with Crippen molar-refractivity contribution in [2.45, 2.75) is 38.2 Å². The van der Waals surface area contributed by atoms with Gasteiger partial charge in [0.2, 0.25) is 0 Å². The molecule has 1 amide bonds. The second kappa shape index (κ2) is 5.59. The molecule has 0 aromatic carbocycles. The Balaban J connectivity index is 2.11. The van der Waals surface area contributed by atoms with Gasteiger partial charge in [-0.2, -0.15) is 0 Å². The van der Waals surface area contributed by atoms with Gasteiger partial charge in [-0.05, 0) is 25.5 Å². The van der Waals surface area contributed by atoms with Gasteiger partial charge in [0.15, 0.2) is 0 Å². The zero-order valence-corrected chi connectivity index (χ0v) is 11.1. The van der Waals surface area contributed by atoms with Crippen molar-refractivity contribution in [3.05, 3.63) is 36.0 Å². The second-order valence-electron chi connectivity index (χ2n) is 4.93. The van der Waals surface area contributed by atoms with E-state index in [1.807, 2.05) is 6.92 Å². The number of cyclic esters (lactones) is 1. The van der Waals surface area contributed by atoms with Crippen LogP contribution in [0.2, 0.25) is 0 Å². The monoisotopic (exact) mass is 265 g/mol. The number of rotatable bonds is 3. The summed E-state index contributed by atoms with van der Waals surface area (Å²) in [5, 5.41) is 18.7. The van der Waals surface area contributed by atoms with Crippen molar-refractivity contribution in [2.24, 2.45) is 0 Å². The molecular formula is C14H19NO4. The van der Waals surface area contributed by atoms with E-state index < -0.39 is 18.3 Å². The van der Waals surface area contributed by atoms with Crippen molar-refractivity contribution < 1.29 is 19.7 Å². The summed E-state index contributed by atoms with van der Waals surface area (Å²) in [5.74, 6) is 0. The summed E-state index contributed by atoms with van der Waals surface area (Å²) in [6.45, 7) is 3.82. The molecule has 0 spiro atoms. The maximum absolute atomic E-state index is 11.7. The Labute approximate surface area is 112 Å². The van der Waals surface area contributed by atoms with Crippen molar-refractivity contribution in [3.63, 3.8) is 0 Å². The first kappa shape index (κ1) is 13.8. The quantitative estimate of drug-likeness (QED) is 0.590. The molecule has 0 bridgehead atoms. The lowest BCUT2D eigenvalue weighted by atomic mass is 9.96. The molecule has 4 atom stereocenters. The Morgan fingerprint density at radius 1 is 1.53 bits per heavy atom. The number of nitrogens with zero attached hydrogens (tertiary/aromatic N) is 1. The third kappa shape index (κ3) is 3.05. The molecule has 0 saturated carbocycles. The van der Waals surface area contributed by atoms with Crippen LogP contribution in [-0.2, 0) is 4.74 Å². The van der Waals surface area contributed by atoms with E-state index in [0.717, 1.165) is 5.57 Å². The predicted molar refractivity (Wildman–Crippen MR) is 70.5 cm³/mol. The number of fused-ring (bicyclic) bond motifs is 1. The van der Waals surface area contributed by atoms with Crippen molar-refractivity contribution in [2.75, 3.05) is 6.54 Å². The van der Waals surface area contributed by atoms with Gasteiger partial charge in [-0.1, -0.05) is 24.3 Å². The molecule has 0 aromatic rings. The van der Waals surface area contributed by atoms with Gasteiger partial charge in [0.25, 0.3) is 0 Å². The number of hydrogen-bond donors (Lipinski definition) is 2. The lowest BCUT2D eigenvalue weighted by Gasteiger charge is -2.30. The number of allylic oxidation sites excluding steroid dienone is 2. The van der Waals surface area contributed by atoms with Crippen LogP contribution in [0.15, 0.2) is 36.0 Å². The summed E-state index contributed by atoms with van der Waals surface area (Å²) >= 11 is 0. The highest BCUT2D eigenvalue weighted by Gasteiger charge is 2.43. The fourth-order valence-electron chi connectivity index (χ4n) is 2.43. The Hall–Kier alpha value is -1.59. The van der Waals surface area contributed by atoms with E-state index in [4.69, 9.17) is 9.84 Å². The first-order chi connectivity index (χ1) is 8.99. The van der Waals surface area contributed by atoms with E-state index in [0.29, 0.717) is 0 Å². The number of carbonyl (C=O) groups excluding carboxylic acids is 1. The lowest BCUT2D eigenvalue weighted by molar-refractivity contribution is 0.126. The van der Waals surface area contributed by atoms with Gasteiger partial charge in [0.1, 0.15) is 6.10 Å². The SMILES string of the molecule is CC1=C[C@@H](O)CN2C(=O)O[C@@H](/C=C/C=C/[C@@H](C)O)[C@H]12. The molecule has 104 valence electrons. The minimum Gasteiger partial charge on any atom is -0.439 e. The number of ether oxygens (including phenoxy) is 1. The molecule has 2 N–H and O–H groups in total. The lowest BCUT2D eigenvalue weighted by Crippen LogP contribution is -2.45. The highest BCUT2D eigenvalue weighted by atomic mass is 16.6. The van der Waals surface area contributed by atoms with Gasteiger partial charge in [-0.15, -0.1) is 0 Å². The molecule has 5 nitrogen and oxygen atoms in total. The third-order valence-electron chi connectivity index (χ3n) is 3.23. The molecule has 2 aliphatic rings. The average Bonchev–Trinajstić information content (AvgIpc) is 2.62. The van der Waals surface area contributed by atoms with Crippen molar-refractivity contribution in [1.82, 2.24) is 4.90 Å². The number of hydrogen-bond acceptors (Lipinski definition) is 4. The summed E-state index contributed by atoms with van der Waals surface area (Å²) in [6, 6.07) is -0.146. The van der Waals surface area contributed by atoms with Crippen molar-refractivity contribution in [1.29, 1.82) is 0 Å². The summed E-state index contributed by atoms with van der Waals surface area (Å²) in [4.78, 5) is 13.3. The largest absolute Gasteiger partial charge is 0.439 e. The van der Waals surface area contributed by atoms with Crippen LogP contribution >= 0.6 is 0 Å². The van der Waals surface area contributed by atoms with Crippen molar-refractivity contribution >= 4 is 6.09 Å². The Bertz CT molecular complexity index is 439. The highest BCUT2D eigenvalue weighted by molar-refractivity contribution is 5.72. The van der Waals surface area contributed by atoms with Crippen LogP contribution in [0.1, 0.15) is 13.8 Å². The zero-order valence-electron chi connectivity index (χ0n) is 11.1. The van der Waals surface area contributed by atoms with Crippen LogP contribution in [0.5, 0.6) is 0 Å². The third-order valence-corrected chi connectivity index (χ3v) is 3.23. The molecular weight excluding hydrogens is 246 g/mol. The molecule has 19 heavy (non-hydrogen) atoms. The van der Waals surface area contributed by atoms with E-state index in [1.54, 1.807) is 42.2 Å². The van der Waals surface area contributed by atoms with Gasteiger partial charge in [-0.3, -0.25) is 4.90 Å². The fraction of sp³-hybridized carbons (Fsp3) is 0.500. The van der Waals surface area contributed by atoms with Gasteiger partial charge in [0, 0.05) is 0 Å². The number of carbonyl (C=O) groups is 1. The summed E-state index contributed by atoms with van der Waals surface area (Å²) < 4.78 is 5.29. The predicted octanol–water partition coefficient (Wildman–Crippen LogP) is 0.990. The second-order valence-corrected chi connectivity index (χ2v) is 4.93. The van der Waals surface area contributed by atoms with Crippen LogP contribution in [-0.4, -0.2) is 52.1 Å². The molecule has 5 heteroatoms. The van der Waals surface area contributed by atoms with Gasteiger partial charge < -0.3 is 14.9 Å². The molecule has 1 saturated heterocycles. The number of aliphatic hydroxyl groups is 2. The smallest absolute Gasteiger partial charge is 0.411 e. The Morgan fingerprint density at radius 2 is 2.26 bits per heavy atom. The molecule has 0 aromatic heterocycles.